The Morgan fingerprint density at radius 3 is 2.67 bits per heavy atom. The maximum absolute atomic E-state index is 12.9. The number of nitrogens with one attached hydrogen (secondary N) is 1. The molecule has 0 aliphatic rings. The molecule has 0 aliphatic heterocycles. The highest BCUT2D eigenvalue weighted by Crippen LogP contribution is 2.41. The van der Waals surface area contributed by atoms with Gasteiger partial charge in [0.25, 0.3) is 5.56 Å². The second-order valence-corrected chi connectivity index (χ2v) is 4.24. The molecule has 0 unspecified atom stereocenters. The van der Waals surface area contributed by atoms with Crippen LogP contribution in [0.25, 0.3) is 10.9 Å². The van der Waals surface area contributed by atoms with Crippen molar-refractivity contribution in [2.24, 2.45) is 0 Å². The number of hydrogen-bond donors (Lipinski definition) is 1. The predicted molar refractivity (Wildman–Crippen MR) is 61.6 cm³/mol. The number of halogens is 4. The van der Waals surface area contributed by atoms with Crippen molar-refractivity contribution in [3.63, 3.8) is 0 Å². The molecule has 0 radical (unpaired) electrons. The average molecular weight is 323 g/mol. The molecule has 1 heterocycles. The van der Waals surface area contributed by atoms with Gasteiger partial charge in [-0.05, 0) is 6.07 Å². The van der Waals surface area contributed by atoms with E-state index in [0.29, 0.717) is 0 Å². The highest BCUT2D eigenvalue weighted by molar-refractivity contribution is 9.10. The van der Waals surface area contributed by atoms with Crippen LogP contribution in [0, 0.1) is 0 Å². The number of aromatic nitrogens is 2. The Bertz CT molecular complexity index is 666. The zero-order valence-corrected chi connectivity index (χ0v) is 10.5. The number of methoxy groups -OCH3 is 1. The van der Waals surface area contributed by atoms with E-state index in [1.807, 2.05) is 0 Å². The van der Waals surface area contributed by atoms with Crippen molar-refractivity contribution in [1.82, 2.24) is 9.97 Å². The number of aromatic amines is 1. The molecule has 0 spiro atoms. The number of alkyl halides is 3. The van der Waals surface area contributed by atoms with Crippen molar-refractivity contribution in [3.05, 3.63) is 32.8 Å². The van der Waals surface area contributed by atoms with Gasteiger partial charge in [0.1, 0.15) is 11.3 Å². The molecule has 0 atom stereocenters. The summed E-state index contributed by atoms with van der Waals surface area (Å²) in [6.07, 6.45) is -3.64. The van der Waals surface area contributed by atoms with Crippen LogP contribution in [0.3, 0.4) is 0 Å². The van der Waals surface area contributed by atoms with E-state index in [2.05, 4.69) is 25.9 Å². The smallest absolute Gasteiger partial charge is 0.418 e. The Balaban J connectivity index is 3.04. The van der Waals surface area contributed by atoms with Crippen molar-refractivity contribution >= 4 is 26.8 Å². The van der Waals surface area contributed by atoms with Crippen molar-refractivity contribution in [2.75, 3.05) is 7.11 Å². The summed E-state index contributed by atoms with van der Waals surface area (Å²) in [6, 6.07) is 1.14. The Morgan fingerprint density at radius 1 is 1.44 bits per heavy atom. The largest absolute Gasteiger partial charge is 0.494 e. The number of ether oxygens (including phenoxy) is 1. The number of fused-ring (bicyclic) bond motifs is 1. The maximum Gasteiger partial charge on any atom is 0.418 e. The highest BCUT2D eigenvalue weighted by atomic mass is 79.9. The van der Waals surface area contributed by atoms with Gasteiger partial charge < -0.3 is 9.72 Å². The van der Waals surface area contributed by atoms with E-state index >= 15 is 0 Å². The Morgan fingerprint density at radius 2 is 2.11 bits per heavy atom. The van der Waals surface area contributed by atoms with Crippen molar-refractivity contribution in [3.8, 4) is 5.75 Å². The SMILES string of the molecule is COc1cc(Br)c(C(F)(F)F)c2c(=O)[nH]cnc12. The number of hydrogen-bond acceptors (Lipinski definition) is 3. The van der Waals surface area contributed by atoms with Crippen LogP contribution in [-0.4, -0.2) is 17.1 Å². The summed E-state index contributed by atoms with van der Waals surface area (Å²) in [5.41, 5.74) is -2.06. The molecule has 0 aliphatic carbocycles. The molecule has 4 nitrogen and oxygen atoms in total. The summed E-state index contributed by atoms with van der Waals surface area (Å²) in [4.78, 5) is 17.4. The maximum atomic E-state index is 12.9. The van der Waals surface area contributed by atoms with Gasteiger partial charge in [0.2, 0.25) is 0 Å². The second-order valence-electron chi connectivity index (χ2n) is 3.39. The summed E-state index contributed by atoms with van der Waals surface area (Å²) in [5, 5.41) is -0.545. The minimum absolute atomic E-state index is 0.0935. The van der Waals surface area contributed by atoms with Crippen molar-refractivity contribution in [2.45, 2.75) is 6.18 Å². The lowest BCUT2D eigenvalue weighted by atomic mass is 10.1. The third-order valence-corrected chi connectivity index (χ3v) is 2.96. The lowest BCUT2D eigenvalue weighted by Crippen LogP contribution is -2.16. The summed E-state index contributed by atoms with van der Waals surface area (Å²) >= 11 is 2.80. The fourth-order valence-corrected chi connectivity index (χ4v) is 2.26. The van der Waals surface area contributed by atoms with Crippen LogP contribution in [0.15, 0.2) is 21.7 Å². The van der Waals surface area contributed by atoms with Crippen LogP contribution in [-0.2, 0) is 6.18 Å². The first kappa shape index (κ1) is 12.9. The summed E-state index contributed by atoms with van der Waals surface area (Å²) in [5.74, 6) is 0.0935. The molecule has 96 valence electrons. The third-order valence-electron chi connectivity index (χ3n) is 2.34. The van der Waals surface area contributed by atoms with Gasteiger partial charge in [-0.25, -0.2) is 4.98 Å². The highest BCUT2D eigenvalue weighted by Gasteiger charge is 2.37. The molecule has 1 aromatic heterocycles. The first-order chi connectivity index (χ1) is 8.36. The number of benzene rings is 1. The fourth-order valence-electron chi connectivity index (χ4n) is 1.63. The second kappa shape index (κ2) is 4.27. The lowest BCUT2D eigenvalue weighted by molar-refractivity contribution is -0.136. The molecule has 1 N–H and O–H groups in total. The van der Waals surface area contributed by atoms with Crippen molar-refractivity contribution in [1.29, 1.82) is 0 Å². The Hall–Kier alpha value is -1.57. The summed E-state index contributed by atoms with van der Waals surface area (Å²) < 4.78 is 43.5. The van der Waals surface area contributed by atoms with E-state index in [4.69, 9.17) is 4.74 Å². The van der Waals surface area contributed by atoms with Crippen LogP contribution in [0.2, 0.25) is 0 Å². The third kappa shape index (κ3) is 1.96. The van der Waals surface area contributed by atoms with Crippen LogP contribution >= 0.6 is 15.9 Å². The minimum Gasteiger partial charge on any atom is -0.494 e. The van der Waals surface area contributed by atoms with Gasteiger partial charge in [0, 0.05) is 4.47 Å². The van der Waals surface area contributed by atoms with E-state index in [1.54, 1.807) is 0 Å². The van der Waals surface area contributed by atoms with Crippen LogP contribution in [0.4, 0.5) is 13.2 Å². The molecule has 0 bridgehead atoms. The molecular weight excluding hydrogens is 317 g/mol. The molecular formula is C10H6BrF3N2O2. The quantitative estimate of drug-likeness (QED) is 0.878. The Kier molecular flexibility index (Phi) is 3.05. The van der Waals surface area contributed by atoms with Crippen molar-refractivity contribution < 1.29 is 17.9 Å². The van der Waals surface area contributed by atoms with Crippen LogP contribution in [0.5, 0.6) is 5.75 Å². The summed E-state index contributed by atoms with van der Waals surface area (Å²) in [6.45, 7) is 0. The zero-order chi connectivity index (χ0) is 13.5. The van der Waals surface area contributed by atoms with Gasteiger partial charge in [-0.1, -0.05) is 15.9 Å². The van der Waals surface area contributed by atoms with E-state index < -0.39 is 22.7 Å². The zero-order valence-electron chi connectivity index (χ0n) is 8.93. The van der Waals surface area contributed by atoms with Gasteiger partial charge in [-0.3, -0.25) is 4.79 Å². The van der Waals surface area contributed by atoms with Crippen LogP contribution in [0.1, 0.15) is 5.56 Å². The lowest BCUT2D eigenvalue weighted by Gasteiger charge is -2.13. The Labute approximate surface area is 107 Å². The van der Waals surface area contributed by atoms with E-state index in [-0.39, 0.29) is 15.7 Å². The average Bonchev–Trinajstić information content (AvgIpc) is 2.27. The molecule has 18 heavy (non-hydrogen) atoms. The monoisotopic (exact) mass is 322 g/mol. The van der Waals surface area contributed by atoms with E-state index in [9.17, 15) is 18.0 Å². The number of nitrogens with zero attached hydrogens (tertiary/aromatic N) is 1. The van der Waals surface area contributed by atoms with Gasteiger partial charge in [0.05, 0.1) is 24.4 Å². The van der Waals surface area contributed by atoms with Gasteiger partial charge in [-0.2, -0.15) is 13.2 Å². The molecule has 1 aromatic carbocycles. The summed E-state index contributed by atoms with van der Waals surface area (Å²) in [7, 11) is 1.29. The normalized spacial score (nSPS) is 11.8. The van der Waals surface area contributed by atoms with Gasteiger partial charge in [0.15, 0.2) is 0 Å². The molecule has 2 aromatic rings. The molecule has 0 saturated heterocycles. The minimum atomic E-state index is -4.67. The topological polar surface area (TPSA) is 55.0 Å². The van der Waals surface area contributed by atoms with E-state index in [1.165, 1.54) is 7.11 Å². The molecule has 8 heteroatoms. The van der Waals surface area contributed by atoms with Crippen LogP contribution < -0.4 is 10.3 Å². The van der Waals surface area contributed by atoms with Gasteiger partial charge in [-0.15, -0.1) is 0 Å². The molecule has 0 saturated carbocycles. The van der Waals surface area contributed by atoms with Gasteiger partial charge >= 0.3 is 6.18 Å². The standard InChI is InChI=1S/C10H6BrF3N2O2/c1-18-5-2-4(11)7(10(12,13)14)6-8(5)15-3-16-9(6)17/h2-3H,1H3,(H,15,16,17). The van der Waals surface area contributed by atoms with E-state index in [0.717, 1.165) is 12.4 Å². The predicted octanol–water partition coefficient (Wildman–Crippen LogP) is 2.71. The molecule has 0 amide bonds. The number of H-pyrrole nitrogens is 1. The molecule has 0 fully saturated rings. The molecule has 2 rings (SSSR count). The first-order valence-corrected chi connectivity index (χ1v) is 5.46. The first-order valence-electron chi connectivity index (χ1n) is 4.67. The number of rotatable bonds is 1. The fraction of sp³-hybridized carbons (Fsp3) is 0.200.